The third-order valence-electron chi connectivity index (χ3n) is 2.40. The fourth-order valence-corrected chi connectivity index (χ4v) is 1.67. The third kappa shape index (κ3) is 2.53. The van der Waals surface area contributed by atoms with E-state index in [2.05, 4.69) is 4.98 Å². The van der Waals surface area contributed by atoms with Gasteiger partial charge in [-0.25, -0.2) is 4.79 Å². The van der Waals surface area contributed by atoms with Gasteiger partial charge in [-0.05, 0) is 31.2 Å². The Morgan fingerprint density at radius 2 is 2.12 bits per heavy atom. The quantitative estimate of drug-likeness (QED) is 0.755. The van der Waals surface area contributed by atoms with Crippen molar-refractivity contribution in [3.63, 3.8) is 0 Å². The van der Waals surface area contributed by atoms with Crippen LogP contribution in [-0.4, -0.2) is 22.1 Å². The first-order valence-electron chi connectivity index (χ1n) is 5.53. The smallest absolute Gasteiger partial charge is 0.335 e. The molecule has 1 unspecified atom stereocenters. The highest BCUT2D eigenvalue weighted by Crippen LogP contribution is 2.17. The molecule has 4 heteroatoms. The minimum absolute atomic E-state index is 0.289. The topological polar surface area (TPSA) is 44.1 Å². The summed E-state index contributed by atoms with van der Waals surface area (Å²) in [6.45, 7) is 2.16. The van der Waals surface area contributed by atoms with Crippen molar-refractivity contribution in [2.75, 3.05) is 6.61 Å². The highest BCUT2D eigenvalue weighted by atomic mass is 16.5. The lowest BCUT2D eigenvalue weighted by Crippen LogP contribution is -2.23. The first-order chi connectivity index (χ1) is 8.33. The molecule has 0 aliphatic rings. The van der Waals surface area contributed by atoms with Gasteiger partial charge < -0.3 is 9.30 Å². The van der Waals surface area contributed by atoms with Crippen LogP contribution in [0.3, 0.4) is 0 Å². The number of rotatable bonds is 4. The molecule has 4 nitrogen and oxygen atoms in total. The summed E-state index contributed by atoms with van der Waals surface area (Å²) in [7, 11) is 0. The predicted molar refractivity (Wildman–Crippen MR) is 63.4 cm³/mol. The maximum absolute atomic E-state index is 12.0. The van der Waals surface area contributed by atoms with Crippen LogP contribution in [0.1, 0.15) is 18.7 Å². The fourth-order valence-electron chi connectivity index (χ4n) is 1.67. The van der Waals surface area contributed by atoms with E-state index in [1.807, 2.05) is 42.7 Å². The van der Waals surface area contributed by atoms with Gasteiger partial charge in [-0.15, -0.1) is 0 Å². The van der Waals surface area contributed by atoms with Crippen molar-refractivity contribution in [1.82, 2.24) is 9.55 Å². The van der Waals surface area contributed by atoms with Crippen LogP contribution in [0, 0.1) is 0 Å². The number of nitrogens with zero attached hydrogens (tertiary/aromatic N) is 2. The van der Waals surface area contributed by atoms with Crippen molar-refractivity contribution in [2.24, 2.45) is 0 Å². The van der Waals surface area contributed by atoms with Gasteiger partial charge in [0.1, 0.15) is 0 Å². The number of ether oxygens (including phenoxy) is 1. The fraction of sp³-hybridized carbons (Fsp3) is 0.231. The largest absolute Gasteiger partial charge is 0.464 e. The monoisotopic (exact) mass is 230 g/mol. The van der Waals surface area contributed by atoms with E-state index in [-0.39, 0.29) is 5.97 Å². The summed E-state index contributed by atoms with van der Waals surface area (Å²) in [5, 5.41) is 0. The molecule has 0 amide bonds. The van der Waals surface area contributed by atoms with Gasteiger partial charge in [-0.3, -0.25) is 4.98 Å². The molecule has 17 heavy (non-hydrogen) atoms. The van der Waals surface area contributed by atoms with Crippen LogP contribution >= 0.6 is 0 Å². The van der Waals surface area contributed by atoms with E-state index in [4.69, 9.17) is 4.74 Å². The molecular formula is C13H14N2O2. The van der Waals surface area contributed by atoms with Crippen LogP contribution in [0.2, 0.25) is 0 Å². The molecule has 2 heterocycles. The molecule has 0 aromatic carbocycles. The van der Waals surface area contributed by atoms with Crippen molar-refractivity contribution < 1.29 is 9.53 Å². The number of hydrogen-bond donors (Lipinski definition) is 0. The number of aromatic nitrogens is 2. The summed E-state index contributed by atoms with van der Waals surface area (Å²) >= 11 is 0. The lowest BCUT2D eigenvalue weighted by molar-refractivity contribution is -0.145. The van der Waals surface area contributed by atoms with Crippen molar-refractivity contribution in [3.05, 3.63) is 54.6 Å². The molecule has 88 valence electrons. The van der Waals surface area contributed by atoms with Crippen molar-refractivity contribution in [2.45, 2.75) is 13.0 Å². The second-order valence-corrected chi connectivity index (χ2v) is 3.54. The highest BCUT2D eigenvalue weighted by molar-refractivity contribution is 5.77. The summed E-state index contributed by atoms with van der Waals surface area (Å²) in [6.07, 6.45) is 5.33. The van der Waals surface area contributed by atoms with Crippen LogP contribution in [0.5, 0.6) is 0 Å². The summed E-state index contributed by atoms with van der Waals surface area (Å²) in [6, 6.07) is 8.73. The van der Waals surface area contributed by atoms with Crippen LogP contribution in [0.25, 0.3) is 0 Å². The van der Waals surface area contributed by atoms with E-state index in [9.17, 15) is 4.79 Å². The Hall–Kier alpha value is -2.10. The van der Waals surface area contributed by atoms with Crippen molar-refractivity contribution in [3.8, 4) is 0 Å². The van der Waals surface area contributed by atoms with E-state index in [1.54, 1.807) is 17.7 Å². The molecule has 0 spiro atoms. The first-order valence-corrected chi connectivity index (χ1v) is 5.53. The molecular weight excluding hydrogens is 216 g/mol. The van der Waals surface area contributed by atoms with E-state index < -0.39 is 6.04 Å². The Kier molecular flexibility index (Phi) is 3.55. The van der Waals surface area contributed by atoms with Crippen LogP contribution in [0.15, 0.2) is 48.9 Å². The second-order valence-electron chi connectivity index (χ2n) is 3.54. The predicted octanol–water partition coefficient (Wildman–Crippen LogP) is 2.04. The summed E-state index contributed by atoms with van der Waals surface area (Å²) in [5.74, 6) is -0.289. The van der Waals surface area contributed by atoms with Gasteiger partial charge in [0.05, 0.1) is 12.3 Å². The number of esters is 1. The average molecular weight is 230 g/mol. The van der Waals surface area contributed by atoms with E-state index in [1.165, 1.54) is 0 Å². The van der Waals surface area contributed by atoms with Crippen LogP contribution in [0.4, 0.5) is 0 Å². The van der Waals surface area contributed by atoms with Crippen molar-refractivity contribution in [1.29, 1.82) is 0 Å². The molecule has 1 atom stereocenters. The minimum atomic E-state index is -0.508. The normalized spacial score (nSPS) is 12.1. The average Bonchev–Trinajstić information content (AvgIpc) is 2.85. The van der Waals surface area contributed by atoms with E-state index in [0.29, 0.717) is 12.3 Å². The zero-order valence-corrected chi connectivity index (χ0v) is 9.61. The van der Waals surface area contributed by atoms with Crippen molar-refractivity contribution >= 4 is 5.97 Å². The first kappa shape index (κ1) is 11.4. The number of hydrogen-bond acceptors (Lipinski definition) is 3. The second kappa shape index (κ2) is 5.30. The molecule has 2 aromatic heterocycles. The SMILES string of the molecule is CCOC(=O)C(c1ccccn1)n1cccc1. The van der Waals surface area contributed by atoms with Gasteiger partial charge >= 0.3 is 5.97 Å². The standard InChI is InChI=1S/C13H14N2O2/c1-2-17-13(16)12(15-9-5-6-10-15)11-7-3-4-8-14-11/h3-10,12H,2H2,1H3. The Balaban J connectivity index is 2.35. The zero-order valence-electron chi connectivity index (χ0n) is 9.61. The van der Waals surface area contributed by atoms with Gasteiger partial charge in [0, 0.05) is 18.6 Å². The highest BCUT2D eigenvalue weighted by Gasteiger charge is 2.23. The maximum atomic E-state index is 12.0. The molecule has 0 radical (unpaired) electrons. The van der Waals surface area contributed by atoms with Gasteiger partial charge in [-0.1, -0.05) is 6.07 Å². The molecule has 2 aromatic rings. The van der Waals surface area contributed by atoms with Gasteiger partial charge in [0.2, 0.25) is 0 Å². The number of carbonyl (C=O) groups excluding carboxylic acids is 1. The Morgan fingerprint density at radius 3 is 2.71 bits per heavy atom. The van der Waals surface area contributed by atoms with Gasteiger partial charge in [0.15, 0.2) is 6.04 Å². The van der Waals surface area contributed by atoms with Gasteiger partial charge in [0.25, 0.3) is 0 Å². The Morgan fingerprint density at radius 1 is 1.35 bits per heavy atom. The van der Waals surface area contributed by atoms with E-state index >= 15 is 0 Å². The molecule has 0 saturated heterocycles. The van der Waals surface area contributed by atoms with Crippen LogP contribution in [-0.2, 0) is 9.53 Å². The molecule has 0 fully saturated rings. The van der Waals surface area contributed by atoms with Crippen LogP contribution < -0.4 is 0 Å². The molecule has 0 saturated carbocycles. The number of pyridine rings is 1. The molecule has 0 bridgehead atoms. The summed E-state index contributed by atoms with van der Waals surface area (Å²) in [4.78, 5) is 16.2. The Labute approximate surface area is 99.9 Å². The number of carbonyl (C=O) groups is 1. The minimum Gasteiger partial charge on any atom is -0.464 e. The summed E-state index contributed by atoms with van der Waals surface area (Å²) < 4.78 is 6.87. The zero-order chi connectivity index (χ0) is 12.1. The summed E-state index contributed by atoms with van der Waals surface area (Å²) in [5.41, 5.74) is 0.683. The maximum Gasteiger partial charge on any atom is 0.335 e. The molecule has 2 rings (SSSR count). The lowest BCUT2D eigenvalue weighted by atomic mass is 10.2. The van der Waals surface area contributed by atoms with E-state index in [0.717, 1.165) is 0 Å². The molecule has 0 aliphatic heterocycles. The van der Waals surface area contributed by atoms with Gasteiger partial charge in [-0.2, -0.15) is 0 Å². The third-order valence-corrected chi connectivity index (χ3v) is 2.40. The Bertz CT molecular complexity index is 465. The molecule has 0 N–H and O–H groups in total. The molecule has 0 aliphatic carbocycles. The lowest BCUT2D eigenvalue weighted by Gasteiger charge is -2.16.